The summed E-state index contributed by atoms with van der Waals surface area (Å²) in [6, 6.07) is 9.10. The number of anilines is 1. The number of thiophene rings is 1. The predicted molar refractivity (Wildman–Crippen MR) is 102 cm³/mol. The number of benzene rings is 1. The number of carbonyl (C=O) groups is 2. The Hall–Kier alpha value is -1.50. The number of rotatable bonds is 5. The van der Waals surface area contributed by atoms with Gasteiger partial charge in [-0.15, -0.1) is 23.1 Å². The molecule has 0 atom stereocenters. The van der Waals surface area contributed by atoms with Crippen LogP contribution in [0.3, 0.4) is 0 Å². The van der Waals surface area contributed by atoms with Gasteiger partial charge in [-0.25, -0.2) is 0 Å². The van der Waals surface area contributed by atoms with E-state index in [-0.39, 0.29) is 17.1 Å². The molecule has 2 amide bonds. The molecular weight excluding hydrogens is 364 g/mol. The molecule has 0 spiro atoms. The zero-order valence-corrected chi connectivity index (χ0v) is 16.1. The van der Waals surface area contributed by atoms with Crippen LogP contribution in [0.5, 0.6) is 0 Å². The molecule has 128 valence electrons. The predicted octanol–water partition coefficient (Wildman–Crippen LogP) is 4.53. The molecule has 0 saturated carbocycles. The first-order chi connectivity index (χ1) is 11.2. The molecule has 2 aromatic rings. The van der Waals surface area contributed by atoms with Crippen molar-refractivity contribution in [2.45, 2.75) is 31.1 Å². The lowest BCUT2D eigenvalue weighted by molar-refractivity contribution is -0.113. The number of hydrogen-bond donors (Lipinski definition) is 2. The van der Waals surface area contributed by atoms with Crippen LogP contribution in [0.15, 0.2) is 35.2 Å². The van der Waals surface area contributed by atoms with E-state index in [1.165, 1.54) is 23.1 Å². The van der Waals surface area contributed by atoms with Gasteiger partial charge in [0.25, 0.3) is 5.91 Å². The lowest BCUT2D eigenvalue weighted by Crippen LogP contribution is -2.17. The summed E-state index contributed by atoms with van der Waals surface area (Å²) < 4.78 is 0. The molecule has 0 bridgehead atoms. The van der Waals surface area contributed by atoms with Crippen molar-refractivity contribution in [3.63, 3.8) is 0 Å². The molecule has 0 radical (unpaired) electrons. The quantitative estimate of drug-likeness (QED) is 0.746. The summed E-state index contributed by atoms with van der Waals surface area (Å²) in [5.74, 6) is -0.479. The summed E-state index contributed by atoms with van der Waals surface area (Å²) in [6.07, 6.45) is 0. The normalized spacial score (nSPS) is 11.3. The number of thioether (sulfide) groups is 1. The van der Waals surface area contributed by atoms with Gasteiger partial charge in [-0.1, -0.05) is 32.4 Å². The van der Waals surface area contributed by atoms with E-state index in [1.54, 1.807) is 12.1 Å². The fourth-order valence-corrected chi connectivity index (χ4v) is 3.75. The van der Waals surface area contributed by atoms with E-state index in [0.29, 0.717) is 15.6 Å². The monoisotopic (exact) mass is 382 g/mol. The molecule has 1 aromatic carbocycles. The second-order valence-corrected chi connectivity index (χ2v) is 8.80. The van der Waals surface area contributed by atoms with Crippen molar-refractivity contribution in [1.82, 2.24) is 0 Å². The summed E-state index contributed by atoms with van der Waals surface area (Å²) in [7, 11) is 0. The Labute approximate surface area is 154 Å². The first-order valence-electron chi connectivity index (χ1n) is 7.29. The number of hydrogen-bond acceptors (Lipinski definition) is 4. The highest BCUT2D eigenvalue weighted by molar-refractivity contribution is 8.00. The molecule has 0 fully saturated rings. The van der Waals surface area contributed by atoms with Crippen molar-refractivity contribution in [2.75, 3.05) is 11.1 Å². The summed E-state index contributed by atoms with van der Waals surface area (Å²) in [5, 5.41) is 3.45. The van der Waals surface area contributed by atoms with E-state index in [2.05, 4.69) is 5.32 Å². The molecule has 0 aliphatic rings. The van der Waals surface area contributed by atoms with Crippen LogP contribution in [0, 0.1) is 0 Å². The Bertz CT molecular complexity index is 749. The minimum Gasteiger partial charge on any atom is -0.365 e. The highest BCUT2D eigenvalue weighted by atomic mass is 35.5. The standard InChI is InChI=1S/C17H19ClN2O2S2/c1-17(2,3)13-8-12(15(24-13)16(19)22)20-14(21)9-23-11-6-4-10(18)5-7-11/h4-8H,9H2,1-3H3,(H2,19,22)(H,20,21). The number of primary amides is 1. The molecule has 1 aromatic heterocycles. The van der Waals surface area contributed by atoms with Gasteiger partial charge in [0.05, 0.1) is 11.4 Å². The largest absolute Gasteiger partial charge is 0.365 e. The average Bonchev–Trinajstić information content (AvgIpc) is 2.91. The van der Waals surface area contributed by atoms with E-state index in [9.17, 15) is 9.59 Å². The van der Waals surface area contributed by atoms with E-state index < -0.39 is 5.91 Å². The third-order valence-corrected chi connectivity index (χ3v) is 5.99. The van der Waals surface area contributed by atoms with E-state index >= 15 is 0 Å². The molecule has 0 unspecified atom stereocenters. The Morgan fingerprint density at radius 1 is 1.25 bits per heavy atom. The fourth-order valence-electron chi connectivity index (χ4n) is 1.90. The second kappa shape index (κ2) is 7.59. The Kier molecular flexibility index (Phi) is 5.96. The first-order valence-corrected chi connectivity index (χ1v) is 9.47. The molecular formula is C17H19ClN2O2S2. The minimum absolute atomic E-state index is 0.115. The van der Waals surface area contributed by atoms with Gasteiger partial charge >= 0.3 is 0 Å². The van der Waals surface area contributed by atoms with Crippen molar-refractivity contribution in [2.24, 2.45) is 5.73 Å². The summed E-state index contributed by atoms with van der Waals surface area (Å²) in [6.45, 7) is 6.14. The maximum atomic E-state index is 12.2. The van der Waals surface area contributed by atoms with E-state index in [0.717, 1.165) is 9.77 Å². The van der Waals surface area contributed by atoms with E-state index in [1.807, 2.05) is 39.0 Å². The molecule has 2 rings (SSSR count). The number of nitrogens with one attached hydrogen (secondary N) is 1. The van der Waals surface area contributed by atoms with Crippen LogP contribution in [0.25, 0.3) is 0 Å². The van der Waals surface area contributed by atoms with Gasteiger partial charge in [-0.05, 0) is 35.7 Å². The topological polar surface area (TPSA) is 72.2 Å². The van der Waals surface area contributed by atoms with Crippen LogP contribution in [-0.2, 0) is 10.2 Å². The van der Waals surface area contributed by atoms with Crippen LogP contribution < -0.4 is 11.1 Å². The lowest BCUT2D eigenvalue weighted by Gasteiger charge is -2.15. The van der Waals surface area contributed by atoms with Gasteiger partial charge in [-0.3, -0.25) is 9.59 Å². The van der Waals surface area contributed by atoms with Gasteiger partial charge in [0.1, 0.15) is 4.88 Å². The molecule has 1 heterocycles. The first kappa shape index (κ1) is 18.8. The Balaban J connectivity index is 2.06. The van der Waals surface area contributed by atoms with Crippen molar-refractivity contribution in [3.8, 4) is 0 Å². The van der Waals surface area contributed by atoms with Crippen LogP contribution in [-0.4, -0.2) is 17.6 Å². The highest BCUT2D eigenvalue weighted by Gasteiger charge is 2.22. The van der Waals surface area contributed by atoms with Crippen LogP contribution in [0.4, 0.5) is 5.69 Å². The molecule has 7 heteroatoms. The number of carbonyl (C=O) groups excluding carboxylic acids is 2. The van der Waals surface area contributed by atoms with Gasteiger partial charge < -0.3 is 11.1 Å². The van der Waals surface area contributed by atoms with Crippen molar-refractivity contribution in [3.05, 3.63) is 45.1 Å². The number of nitrogens with two attached hydrogens (primary N) is 1. The minimum atomic E-state index is -0.531. The summed E-state index contributed by atoms with van der Waals surface area (Å²) >= 11 is 8.56. The van der Waals surface area contributed by atoms with Gasteiger partial charge in [-0.2, -0.15) is 0 Å². The maximum absolute atomic E-state index is 12.2. The van der Waals surface area contributed by atoms with E-state index in [4.69, 9.17) is 17.3 Å². The molecule has 0 aliphatic carbocycles. The number of halogens is 1. The smallest absolute Gasteiger partial charge is 0.260 e. The zero-order chi connectivity index (χ0) is 17.9. The molecule has 24 heavy (non-hydrogen) atoms. The fraction of sp³-hybridized carbons (Fsp3) is 0.294. The Morgan fingerprint density at radius 2 is 1.88 bits per heavy atom. The van der Waals surface area contributed by atoms with Gasteiger partial charge in [0.15, 0.2) is 0 Å². The van der Waals surface area contributed by atoms with Crippen LogP contribution in [0.2, 0.25) is 5.02 Å². The van der Waals surface area contributed by atoms with Crippen molar-refractivity contribution >= 4 is 52.2 Å². The third-order valence-electron chi connectivity index (χ3n) is 3.15. The number of amides is 2. The molecule has 0 saturated heterocycles. The Morgan fingerprint density at radius 3 is 2.42 bits per heavy atom. The summed E-state index contributed by atoms with van der Waals surface area (Å²) in [5.41, 5.74) is 5.80. The van der Waals surface area contributed by atoms with Crippen molar-refractivity contribution < 1.29 is 9.59 Å². The second-order valence-electron chi connectivity index (χ2n) is 6.26. The van der Waals surface area contributed by atoms with Gasteiger partial charge in [0, 0.05) is 14.8 Å². The zero-order valence-electron chi connectivity index (χ0n) is 13.7. The van der Waals surface area contributed by atoms with Crippen molar-refractivity contribution in [1.29, 1.82) is 0 Å². The van der Waals surface area contributed by atoms with Crippen LogP contribution in [0.1, 0.15) is 35.3 Å². The average molecular weight is 383 g/mol. The molecule has 0 aliphatic heterocycles. The highest BCUT2D eigenvalue weighted by Crippen LogP contribution is 2.35. The lowest BCUT2D eigenvalue weighted by atomic mass is 9.94. The van der Waals surface area contributed by atoms with Gasteiger partial charge in [0.2, 0.25) is 5.91 Å². The maximum Gasteiger partial charge on any atom is 0.260 e. The molecule has 3 N–H and O–H groups in total. The molecule has 4 nitrogen and oxygen atoms in total. The SMILES string of the molecule is CC(C)(C)c1cc(NC(=O)CSc2ccc(Cl)cc2)c(C(N)=O)s1. The summed E-state index contributed by atoms with van der Waals surface area (Å²) in [4.78, 5) is 26.1. The third kappa shape index (κ3) is 5.00. The van der Waals surface area contributed by atoms with Crippen LogP contribution >= 0.6 is 34.7 Å².